The number of anilines is 1. The predicted octanol–water partition coefficient (Wildman–Crippen LogP) is 4.89. The van der Waals surface area contributed by atoms with Crippen molar-refractivity contribution in [1.29, 1.82) is 0 Å². The Hall–Kier alpha value is -2.06. The largest absolute Gasteiger partial charge is 0.433 e. The molecule has 1 aromatic carbocycles. The fraction of sp³-hybridized carbons (Fsp3) is 0.176. The second-order valence-electron chi connectivity index (χ2n) is 5.71. The van der Waals surface area contributed by atoms with Crippen LogP contribution >= 0.6 is 27.5 Å². The third kappa shape index (κ3) is 3.07. The van der Waals surface area contributed by atoms with Crippen LogP contribution in [0.1, 0.15) is 5.69 Å². The molecule has 3 rings (SSSR count). The Morgan fingerprint density at radius 2 is 1.81 bits per heavy atom. The molecule has 0 spiro atoms. The lowest BCUT2D eigenvalue weighted by Crippen LogP contribution is -2.25. The van der Waals surface area contributed by atoms with Gasteiger partial charge in [-0.05, 0) is 40.2 Å². The number of pyridine rings is 2. The van der Waals surface area contributed by atoms with Crippen molar-refractivity contribution in [2.24, 2.45) is 0 Å². The maximum atomic E-state index is 13.2. The first-order valence-electron chi connectivity index (χ1n) is 7.37. The van der Waals surface area contributed by atoms with Crippen LogP contribution in [0.4, 0.5) is 18.9 Å². The van der Waals surface area contributed by atoms with E-state index in [1.54, 1.807) is 43.3 Å². The highest BCUT2D eigenvalue weighted by Gasteiger charge is 2.33. The van der Waals surface area contributed by atoms with Crippen LogP contribution in [0, 0.1) is 0 Å². The minimum Gasteiger partial charge on any atom is -0.376 e. The summed E-state index contributed by atoms with van der Waals surface area (Å²) in [5.74, 6) is 0. The molecule has 0 N–H and O–H groups in total. The molecule has 0 atom stereocenters. The van der Waals surface area contributed by atoms with Crippen LogP contribution in [0.3, 0.4) is 0 Å². The van der Waals surface area contributed by atoms with Crippen molar-refractivity contribution in [3.05, 3.63) is 61.9 Å². The average molecular weight is 447 g/mol. The van der Waals surface area contributed by atoms with Gasteiger partial charge in [-0.25, -0.2) is 4.98 Å². The smallest absolute Gasteiger partial charge is 0.376 e. The first-order valence-corrected chi connectivity index (χ1v) is 8.54. The van der Waals surface area contributed by atoms with Crippen LogP contribution in [0.2, 0.25) is 5.02 Å². The topological polar surface area (TPSA) is 38.1 Å². The fourth-order valence-electron chi connectivity index (χ4n) is 2.67. The quantitative estimate of drug-likeness (QED) is 0.563. The molecule has 26 heavy (non-hydrogen) atoms. The summed E-state index contributed by atoms with van der Waals surface area (Å²) in [4.78, 5) is 18.3. The molecular weight excluding hydrogens is 435 g/mol. The number of para-hydroxylation sites is 1. The van der Waals surface area contributed by atoms with Crippen LogP contribution in [0.25, 0.3) is 16.7 Å². The highest BCUT2D eigenvalue weighted by molar-refractivity contribution is 9.10. The van der Waals surface area contributed by atoms with Gasteiger partial charge in [0.25, 0.3) is 5.56 Å². The van der Waals surface area contributed by atoms with Crippen molar-refractivity contribution in [2.45, 2.75) is 6.18 Å². The lowest BCUT2D eigenvalue weighted by Gasteiger charge is -2.21. The Labute approximate surface area is 160 Å². The maximum absolute atomic E-state index is 13.2. The van der Waals surface area contributed by atoms with Gasteiger partial charge in [-0.1, -0.05) is 23.7 Å². The van der Waals surface area contributed by atoms with Crippen LogP contribution in [-0.2, 0) is 6.18 Å². The molecule has 4 nitrogen and oxygen atoms in total. The lowest BCUT2D eigenvalue weighted by molar-refractivity contribution is -0.141. The molecule has 0 saturated heterocycles. The zero-order valence-corrected chi connectivity index (χ0v) is 15.9. The second kappa shape index (κ2) is 6.59. The van der Waals surface area contributed by atoms with E-state index in [4.69, 9.17) is 11.6 Å². The third-order valence-electron chi connectivity index (χ3n) is 3.77. The van der Waals surface area contributed by atoms with Gasteiger partial charge in [0.1, 0.15) is 15.8 Å². The number of halogens is 5. The molecule has 0 bridgehead atoms. The molecule has 2 heterocycles. The third-order valence-corrected chi connectivity index (χ3v) is 4.81. The molecule has 0 aliphatic heterocycles. The molecule has 0 unspecified atom stereocenters. The number of fused-ring (bicyclic) bond motifs is 1. The molecular formula is C17H12BrClF3N3O. The van der Waals surface area contributed by atoms with Crippen molar-refractivity contribution in [3.8, 4) is 5.69 Å². The van der Waals surface area contributed by atoms with E-state index >= 15 is 0 Å². The van der Waals surface area contributed by atoms with Crippen molar-refractivity contribution in [2.75, 3.05) is 19.0 Å². The van der Waals surface area contributed by atoms with E-state index in [2.05, 4.69) is 20.9 Å². The fourth-order valence-corrected chi connectivity index (χ4v) is 3.64. The standard InChI is InChI=1S/C17H12BrClF3N3O/c1-24(2)14-9-7-8-12(17(20,21)22)23-15(9)25(16(26)13(14)18)11-6-4-3-5-10(11)19/h3-8H,1-2H3. The van der Waals surface area contributed by atoms with Crippen molar-refractivity contribution in [3.63, 3.8) is 0 Å². The molecule has 0 radical (unpaired) electrons. The van der Waals surface area contributed by atoms with E-state index in [1.165, 1.54) is 6.07 Å². The number of rotatable bonds is 2. The van der Waals surface area contributed by atoms with Gasteiger partial charge in [-0.15, -0.1) is 0 Å². The summed E-state index contributed by atoms with van der Waals surface area (Å²) < 4.78 is 40.8. The second-order valence-corrected chi connectivity index (χ2v) is 6.91. The highest BCUT2D eigenvalue weighted by atomic mass is 79.9. The summed E-state index contributed by atoms with van der Waals surface area (Å²) in [6, 6.07) is 8.60. The van der Waals surface area contributed by atoms with Crippen molar-refractivity contribution < 1.29 is 13.2 Å². The summed E-state index contributed by atoms with van der Waals surface area (Å²) in [6.45, 7) is 0. The number of benzene rings is 1. The van der Waals surface area contributed by atoms with Crippen LogP contribution in [0.5, 0.6) is 0 Å². The molecule has 0 aliphatic rings. The van der Waals surface area contributed by atoms with Gasteiger partial charge < -0.3 is 4.90 Å². The number of hydrogen-bond acceptors (Lipinski definition) is 3. The molecule has 136 valence electrons. The number of alkyl halides is 3. The zero-order chi connectivity index (χ0) is 19.2. The summed E-state index contributed by atoms with van der Waals surface area (Å²) in [5, 5.41) is 0.606. The van der Waals surface area contributed by atoms with E-state index in [1.807, 2.05) is 0 Å². The summed E-state index contributed by atoms with van der Waals surface area (Å²) in [7, 11) is 3.38. The average Bonchev–Trinajstić information content (AvgIpc) is 2.55. The number of hydrogen-bond donors (Lipinski definition) is 0. The van der Waals surface area contributed by atoms with Gasteiger partial charge in [-0.2, -0.15) is 13.2 Å². The van der Waals surface area contributed by atoms with Crippen LogP contribution in [-0.4, -0.2) is 23.6 Å². The summed E-state index contributed by atoms with van der Waals surface area (Å²) >= 11 is 9.44. The molecule has 0 aliphatic carbocycles. The zero-order valence-electron chi connectivity index (χ0n) is 13.6. The summed E-state index contributed by atoms with van der Waals surface area (Å²) in [5.41, 5.74) is -1.07. The lowest BCUT2D eigenvalue weighted by atomic mass is 10.2. The molecule has 9 heteroatoms. The molecule has 0 fully saturated rings. The molecule has 0 amide bonds. The van der Waals surface area contributed by atoms with E-state index in [9.17, 15) is 18.0 Å². The molecule has 2 aromatic heterocycles. The van der Waals surface area contributed by atoms with Crippen molar-refractivity contribution in [1.82, 2.24) is 9.55 Å². The van der Waals surface area contributed by atoms with E-state index < -0.39 is 17.4 Å². The minimum absolute atomic E-state index is 0.121. The normalized spacial score (nSPS) is 11.8. The summed E-state index contributed by atoms with van der Waals surface area (Å²) in [6.07, 6.45) is -4.64. The first-order chi connectivity index (χ1) is 12.1. The van der Waals surface area contributed by atoms with E-state index in [-0.39, 0.29) is 20.8 Å². The van der Waals surface area contributed by atoms with Gasteiger partial charge in [-0.3, -0.25) is 9.36 Å². The van der Waals surface area contributed by atoms with Crippen LogP contribution < -0.4 is 10.5 Å². The highest BCUT2D eigenvalue weighted by Crippen LogP contribution is 2.35. The first kappa shape index (κ1) is 18.7. The Kier molecular flexibility index (Phi) is 4.74. The molecule has 3 aromatic rings. The van der Waals surface area contributed by atoms with E-state index in [0.717, 1.165) is 10.6 Å². The Morgan fingerprint density at radius 3 is 2.38 bits per heavy atom. The van der Waals surface area contributed by atoms with Gasteiger partial charge >= 0.3 is 6.18 Å². The Morgan fingerprint density at radius 1 is 1.15 bits per heavy atom. The van der Waals surface area contributed by atoms with Gasteiger partial charge in [0, 0.05) is 19.5 Å². The SMILES string of the molecule is CN(C)c1c(Br)c(=O)n(-c2ccccc2Cl)c2nc(C(F)(F)F)ccc12. The Bertz CT molecular complexity index is 1060. The molecule has 0 saturated carbocycles. The van der Waals surface area contributed by atoms with Gasteiger partial charge in [0.2, 0.25) is 0 Å². The number of aromatic nitrogens is 2. The minimum atomic E-state index is -4.64. The number of nitrogens with zero attached hydrogens (tertiary/aromatic N) is 3. The van der Waals surface area contributed by atoms with Gasteiger partial charge in [0.15, 0.2) is 0 Å². The monoisotopic (exact) mass is 445 g/mol. The predicted molar refractivity (Wildman–Crippen MR) is 99.4 cm³/mol. The van der Waals surface area contributed by atoms with Gasteiger partial charge in [0.05, 0.1) is 16.4 Å². The van der Waals surface area contributed by atoms with Crippen LogP contribution in [0.15, 0.2) is 45.7 Å². The Balaban J connectivity index is 2.54. The van der Waals surface area contributed by atoms with E-state index in [0.29, 0.717) is 11.1 Å². The maximum Gasteiger partial charge on any atom is 0.433 e. The van der Waals surface area contributed by atoms with Crippen molar-refractivity contribution >= 4 is 44.3 Å².